The van der Waals surface area contributed by atoms with Crippen molar-refractivity contribution in [2.45, 2.75) is 13.8 Å². The lowest BCUT2D eigenvalue weighted by atomic mass is 10.1. The molecule has 1 aromatic carbocycles. The predicted molar refractivity (Wildman–Crippen MR) is 59.9 cm³/mol. The lowest BCUT2D eigenvalue weighted by molar-refractivity contribution is -0.122. The summed E-state index contributed by atoms with van der Waals surface area (Å²) < 4.78 is 0. The zero-order chi connectivity index (χ0) is 11.3. The SMILES string of the molecule is Cc1ccc2c(C)nccc2c1.O=CO. The van der Waals surface area contributed by atoms with Crippen LogP contribution in [0.4, 0.5) is 0 Å². The van der Waals surface area contributed by atoms with Crippen molar-refractivity contribution < 1.29 is 9.90 Å². The standard InChI is InChI=1S/C11H11N.CH2O2/c1-8-3-4-11-9(2)12-6-5-10(11)7-8;2-1-3/h3-7H,1-2H3;1H,(H,2,3). The van der Waals surface area contributed by atoms with Gasteiger partial charge in [0.25, 0.3) is 6.47 Å². The summed E-state index contributed by atoms with van der Waals surface area (Å²) in [6.45, 7) is 3.90. The third-order valence-corrected chi connectivity index (χ3v) is 2.12. The lowest BCUT2D eigenvalue weighted by Crippen LogP contribution is -1.83. The molecule has 3 heteroatoms. The molecule has 0 bridgehead atoms. The van der Waals surface area contributed by atoms with Crippen LogP contribution in [0.1, 0.15) is 11.3 Å². The number of rotatable bonds is 0. The Morgan fingerprint density at radius 3 is 2.60 bits per heavy atom. The summed E-state index contributed by atoms with van der Waals surface area (Å²) in [4.78, 5) is 12.6. The van der Waals surface area contributed by atoms with Gasteiger partial charge >= 0.3 is 0 Å². The molecule has 0 saturated heterocycles. The third-order valence-electron chi connectivity index (χ3n) is 2.12. The van der Waals surface area contributed by atoms with Gasteiger partial charge in [0.05, 0.1) is 0 Å². The number of carboxylic acid groups (broad SMARTS) is 1. The van der Waals surface area contributed by atoms with Gasteiger partial charge in [-0.1, -0.05) is 23.8 Å². The summed E-state index contributed by atoms with van der Waals surface area (Å²) in [5.74, 6) is 0. The number of hydrogen-bond donors (Lipinski definition) is 1. The number of carbonyl (C=O) groups is 1. The van der Waals surface area contributed by atoms with Crippen molar-refractivity contribution >= 4 is 17.2 Å². The molecule has 2 rings (SSSR count). The monoisotopic (exact) mass is 203 g/mol. The van der Waals surface area contributed by atoms with Crippen LogP contribution in [0.3, 0.4) is 0 Å². The van der Waals surface area contributed by atoms with Gasteiger partial charge in [-0.25, -0.2) is 0 Å². The van der Waals surface area contributed by atoms with E-state index in [-0.39, 0.29) is 6.47 Å². The van der Waals surface area contributed by atoms with Crippen molar-refractivity contribution in [3.8, 4) is 0 Å². The highest BCUT2D eigenvalue weighted by Gasteiger charge is 1.96. The largest absolute Gasteiger partial charge is 0.483 e. The summed E-state index contributed by atoms with van der Waals surface area (Å²) in [6.07, 6.45) is 1.86. The van der Waals surface area contributed by atoms with E-state index in [2.05, 4.69) is 36.2 Å². The molecule has 78 valence electrons. The summed E-state index contributed by atoms with van der Waals surface area (Å²) in [5.41, 5.74) is 2.40. The fourth-order valence-electron chi connectivity index (χ4n) is 1.45. The first-order valence-corrected chi connectivity index (χ1v) is 4.59. The minimum atomic E-state index is -0.250. The van der Waals surface area contributed by atoms with Crippen LogP contribution in [-0.2, 0) is 4.79 Å². The van der Waals surface area contributed by atoms with Crippen LogP contribution in [0.2, 0.25) is 0 Å². The average Bonchev–Trinajstić information content (AvgIpc) is 2.19. The molecule has 1 aromatic heterocycles. The molecular formula is C12H13NO2. The number of hydrogen-bond acceptors (Lipinski definition) is 2. The van der Waals surface area contributed by atoms with Crippen molar-refractivity contribution in [3.05, 3.63) is 41.7 Å². The van der Waals surface area contributed by atoms with E-state index in [1.165, 1.54) is 16.3 Å². The molecular weight excluding hydrogens is 190 g/mol. The second-order valence-corrected chi connectivity index (χ2v) is 3.23. The normalized spacial score (nSPS) is 9.20. The lowest BCUT2D eigenvalue weighted by Gasteiger charge is -2.00. The molecule has 0 atom stereocenters. The van der Waals surface area contributed by atoms with Crippen LogP contribution in [-0.4, -0.2) is 16.6 Å². The fourth-order valence-corrected chi connectivity index (χ4v) is 1.45. The number of benzene rings is 1. The third kappa shape index (κ3) is 2.77. The van der Waals surface area contributed by atoms with Gasteiger partial charge in [-0.3, -0.25) is 9.78 Å². The molecule has 0 spiro atoms. The first kappa shape index (κ1) is 11.2. The van der Waals surface area contributed by atoms with E-state index in [1.54, 1.807) is 0 Å². The number of fused-ring (bicyclic) bond motifs is 1. The minimum absolute atomic E-state index is 0.250. The van der Waals surface area contributed by atoms with Gasteiger partial charge in [-0.15, -0.1) is 0 Å². The maximum Gasteiger partial charge on any atom is 0.290 e. The molecule has 0 aliphatic carbocycles. The van der Waals surface area contributed by atoms with E-state index in [0.29, 0.717) is 0 Å². The second-order valence-electron chi connectivity index (χ2n) is 3.23. The van der Waals surface area contributed by atoms with Crippen LogP contribution in [0, 0.1) is 13.8 Å². The Morgan fingerprint density at radius 2 is 1.93 bits per heavy atom. The van der Waals surface area contributed by atoms with Crippen molar-refractivity contribution in [3.63, 3.8) is 0 Å². The van der Waals surface area contributed by atoms with E-state index in [1.807, 2.05) is 13.1 Å². The second kappa shape index (κ2) is 5.10. The summed E-state index contributed by atoms with van der Waals surface area (Å²) >= 11 is 0. The summed E-state index contributed by atoms with van der Waals surface area (Å²) in [6, 6.07) is 8.49. The zero-order valence-electron chi connectivity index (χ0n) is 8.77. The number of nitrogens with zero attached hydrogens (tertiary/aromatic N) is 1. The highest BCUT2D eigenvalue weighted by atomic mass is 16.3. The van der Waals surface area contributed by atoms with Gasteiger partial charge < -0.3 is 5.11 Å². The highest BCUT2D eigenvalue weighted by molar-refractivity contribution is 5.84. The molecule has 0 aliphatic rings. The van der Waals surface area contributed by atoms with Crippen LogP contribution in [0.5, 0.6) is 0 Å². The maximum absolute atomic E-state index is 8.36. The maximum atomic E-state index is 8.36. The van der Waals surface area contributed by atoms with Crippen LogP contribution in [0.25, 0.3) is 10.8 Å². The first-order valence-electron chi connectivity index (χ1n) is 4.59. The van der Waals surface area contributed by atoms with E-state index in [0.717, 1.165) is 5.69 Å². The average molecular weight is 203 g/mol. The topological polar surface area (TPSA) is 50.2 Å². The molecule has 3 nitrogen and oxygen atoms in total. The van der Waals surface area contributed by atoms with Crippen LogP contribution in [0.15, 0.2) is 30.5 Å². The van der Waals surface area contributed by atoms with Gasteiger partial charge in [-0.05, 0) is 25.3 Å². The molecule has 1 N–H and O–H groups in total. The molecule has 0 saturated carbocycles. The van der Waals surface area contributed by atoms with Crippen LogP contribution >= 0.6 is 0 Å². The van der Waals surface area contributed by atoms with Gasteiger partial charge in [0.1, 0.15) is 0 Å². The molecule has 0 unspecified atom stereocenters. The van der Waals surface area contributed by atoms with Gasteiger partial charge in [0.15, 0.2) is 0 Å². The van der Waals surface area contributed by atoms with Crippen molar-refractivity contribution in [1.82, 2.24) is 4.98 Å². The Kier molecular flexibility index (Phi) is 3.80. The Bertz CT molecular complexity index is 466. The Balaban J connectivity index is 0.000000337. The van der Waals surface area contributed by atoms with Crippen LogP contribution < -0.4 is 0 Å². The number of aryl methyl sites for hydroxylation is 2. The number of pyridine rings is 1. The molecule has 0 amide bonds. The van der Waals surface area contributed by atoms with Gasteiger partial charge in [0, 0.05) is 17.3 Å². The van der Waals surface area contributed by atoms with Gasteiger partial charge in [-0.2, -0.15) is 0 Å². The Labute approximate surface area is 88.4 Å². The number of aromatic nitrogens is 1. The molecule has 15 heavy (non-hydrogen) atoms. The molecule has 0 aliphatic heterocycles. The van der Waals surface area contributed by atoms with Crippen molar-refractivity contribution in [2.75, 3.05) is 0 Å². The molecule has 0 fully saturated rings. The Hall–Kier alpha value is -1.90. The summed E-state index contributed by atoms with van der Waals surface area (Å²) in [7, 11) is 0. The molecule has 2 aromatic rings. The zero-order valence-corrected chi connectivity index (χ0v) is 8.77. The van der Waals surface area contributed by atoms with Gasteiger partial charge in [0.2, 0.25) is 0 Å². The van der Waals surface area contributed by atoms with E-state index < -0.39 is 0 Å². The Morgan fingerprint density at radius 1 is 1.27 bits per heavy atom. The van der Waals surface area contributed by atoms with E-state index in [4.69, 9.17) is 9.90 Å². The highest BCUT2D eigenvalue weighted by Crippen LogP contribution is 2.16. The molecule has 0 radical (unpaired) electrons. The van der Waals surface area contributed by atoms with E-state index in [9.17, 15) is 0 Å². The first-order chi connectivity index (χ1) is 7.19. The minimum Gasteiger partial charge on any atom is -0.483 e. The van der Waals surface area contributed by atoms with E-state index >= 15 is 0 Å². The fraction of sp³-hybridized carbons (Fsp3) is 0.167. The smallest absolute Gasteiger partial charge is 0.290 e. The van der Waals surface area contributed by atoms with Crippen molar-refractivity contribution in [2.24, 2.45) is 0 Å². The summed E-state index contributed by atoms with van der Waals surface area (Å²) in [5, 5.41) is 9.42. The van der Waals surface area contributed by atoms with Crippen molar-refractivity contribution in [1.29, 1.82) is 0 Å². The quantitative estimate of drug-likeness (QED) is 0.669. The predicted octanol–water partition coefficient (Wildman–Crippen LogP) is 2.55. The molecule has 1 heterocycles.